The van der Waals surface area contributed by atoms with E-state index in [4.69, 9.17) is 4.74 Å². The minimum absolute atomic E-state index is 0.0109. The van der Waals surface area contributed by atoms with Crippen molar-refractivity contribution in [3.63, 3.8) is 0 Å². The lowest BCUT2D eigenvalue weighted by Gasteiger charge is -2.38. The summed E-state index contributed by atoms with van der Waals surface area (Å²) in [6.45, 7) is 3.49. The number of aryl methyl sites for hydroxylation is 1. The molecule has 0 saturated carbocycles. The Balaban J connectivity index is 1.47. The topological polar surface area (TPSA) is 62.7 Å². The number of amides is 2. The van der Waals surface area contributed by atoms with Crippen LogP contribution in [0.15, 0.2) is 66.2 Å². The lowest BCUT2D eigenvalue weighted by molar-refractivity contribution is -0.132. The Kier molecular flexibility index (Phi) is 7.40. The summed E-state index contributed by atoms with van der Waals surface area (Å²) < 4.78 is 6.29. The van der Waals surface area contributed by atoms with Gasteiger partial charge in [0.05, 0.1) is 11.2 Å². The van der Waals surface area contributed by atoms with E-state index in [1.54, 1.807) is 10.4 Å². The molecule has 2 aromatic carbocycles. The summed E-state index contributed by atoms with van der Waals surface area (Å²) in [7, 11) is 1.83. The third-order valence-electron chi connectivity index (χ3n) is 6.05. The van der Waals surface area contributed by atoms with Crippen molar-refractivity contribution in [2.24, 2.45) is 5.92 Å². The Bertz CT molecular complexity index is 1070. The van der Waals surface area contributed by atoms with Gasteiger partial charge in [0, 0.05) is 45.4 Å². The first-order valence-corrected chi connectivity index (χ1v) is 12.1. The summed E-state index contributed by atoms with van der Waals surface area (Å²) in [6.07, 6.45) is 0.874. The van der Waals surface area contributed by atoms with Crippen LogP contribution in [-0.4, -0.2) is 52.8 Å². The highest BCUT2D eigenvalue weighted by Crippen LogP contribution is 2.28. The minimum Gasteiger partial charge on any atom is -0.490 e. The molecular formula is C26H29N3O3S. The Labute approximate surface area is 198 Å². The third kappa shape index (κ3) is 5.79. The van der Waals surface area contributed by atoms with E-state index in [2.05, 4.69) is 4.98 Å². The normalized spacial score (nSPS) is 18.1. The first-order chi connectivity index (χ1) is 16.0. The van der Waals surface area contributed by atoms with Crippen LogP contribution in [0.2, 0.25) is 0 Å². The van der Waals surface area contributed by atoms with Crippen molar-refractivity contribution < 1.29 is 14.3 Å². The van der Waals surface area contributed by atoms with E-state index in [0.717, 1.165) is 17.0 Å². The second-order valence-corrected chi connectivity index (χ2v) is 9.33. The highest BCUT2D eigenvalue weighted by molar-refractivity contribution is 7.11. The largest absolute Gasteiger partial charge is 0.490 e. The molecule has 2 atom stereocenters. The maximum Gasteiger partial charge on any atom is 0.265 e. The van der Waals surface area contributed by atoms with Gasteiger partial charge < -0.3 is 14.5 Å². The zero-order chi connectivity index (χ0) is 23.2. The number of hydrogen-bond donors (Lipinski definition) is 0. The fourth-order valence-electron chi connectivity index (χ4n) is 4.20. The van der Waals surface area contributed by atoms with Gasteiger partial charge in [0.25, 0.3) is 5.91 Å². The van der Waals surface area contributed by atoms with E-state index in [1.165, 1.54) is 11.3 Å². The molecule has 0 aliphatic carbocycles. The van der Waals surface area contributed by atoms with Crippen LogP contribution in [0, 0.1) is 12.8 Å². The van der Waals surface area contributed by atoms with Crippen molar-refractivity contribution in [2.75, 3.05) is 20.1 Å². The standard InChI is InChI=1S/C26H29N3O3S/c1-19-25(33-18-27-19)26(31)29-14-13-23(32-22-11-7-4-8-12-22)21(17-29)15-24(30)28(2)16-20-9-5-3-6-10-20/h3-12,18,21,23H,13-17H2,1-2H3/t21-,23-/m0/s1. The Hall–Kier alpha value is -3.19. The first kappa shape index (κ1) is 23.0. The van der Waals surface area contributed by atoms with Crippen molar-refractivity contribution in [2.45, 2.75) is 32.4 Å². The molecule has 3 aromatic rings. The summed E-state index contributed by atoms with van der Waals surface area (Å²) >= 11 is 1.37. The lowest BCUT2D eigenvalue weighted by atomic mass is 9.90. The smallest absolute Gasteiger partial charge is 0.265 e. The molecule has 1 fully saturated rings. The molecule has 172 valence electrons. The number of carbonyl (C=O) groups is 2. The highest BCUT2D eigenvalue weighted by Gasteiger charge is 2.36. The molecule has 4 rings (SSSR count). The van der Waals surface area contributed by atoms with E-state index in [0.29, 0.717) is 37.4 Å². The van der Waals surface area contributed by atoms with Crippen molar-refractivity contribution >= 4 is 23.2 Å². The molecule has 2 heterocycles. The van der Waals surface area contributed by atoms with Crippen molar-refractivity contribution in [1.82, 2.24) is 14.8 Å². The Morgan fingerprint density at radius 2 is 1.82 bits per heavy atom. The van der Waals surface area contributed by atoms with Gasteiger partial charge in [-0.2, -0.15) is 0 Å². The van der Waals surface area contributed by atoms with Crippen LogP contribution < -0.4 is 4.74 Å². The van der Waals surface area contributed by atoms with Gasteiger partial charge in [-0.25, -0.2) is 4.98 Å². The average Bonchev–Trinajstić information content (AvgIpc) is 3.26. The van der Waals surface area contributed by atoms with Crippen molar-refractivity contribution in [3.05, 3.63) is 82.3 Å². The maximum absolute atomic E-state index is 13.1. The van der Waals surface area contributed by atoms with Gasteiger partial charge in [0.1, 0.15) is 16.7 Å². The summed E-state index contributed by atoms with van der Waals surface area (Å²) in [6, 6.07) is 19.6. The molecular weight excluding hydrogens is 434 g/mol. The number of rotatable bonds is 7. The number of aromatic nitrogens is 1. The zero-order valence-electron chi connectivity index (χ0n) is 19.0. The summed E-state index contributed by atoms with van der Waals surface area (Å²) in [5.74, 6) is 0.731. The average molecular weight is 464 g/mol. The Morgan fingerprint density at radius 3 is 2.48 bits per heavy atom. The lowest BCUT2D eigenvalue weighted by Crippen LogP contribution is -2.49. The van der Waals surface area contributed by atoms with Crippen LogP contribution in [0.4, 0.5) is 0 Å². The second kappa shape index (κ2) is 10.6. The Morgan fingerprint density at radius 1 is 1.12 bits per heavy atom. The van der Waals surface area contributed by atoms with Crippen LogP contribution in [-0.2, 0) is 11.3 Å². The number of benzene rings is 2. The number of nitrogens with zero attached hydrogens (tertiary/aromatic N) is 3. The number of para-hydroxylation sites is 1. The molecule has 0 N–H and O–H groups in total. The molecule has 1 aliphatic rings. The third-order valence-corrected chi connectivity index (χ3v) is 6.96. The number of likely N-dealkylation sites (tertiary alicyclic amines) is 1. The van der Waals surface area contributed by atoms with Crippen LogP contribution in [0.5, 0.6) is 5.75 Å². The van der Waals surface area contributed by atoms with Crippen LogP contribution in [0.25, 0.3) is 0 Å². The van der Waals surface area contributed by atoms with Crippen LogP contribution in [0.1, 0.15) is 33.8 Å². The van der Waals surface area contributed by atoms with Gasteiger partial charge in [-0.05, 0) is 24.6 Å². The molecule has 7 heteroatoms. The first-order valence-electron chi connectivity index (χ1n) is 11.2. The van der Waals surface area contributed by atoms with E-state index >= 15 is 0 Å². The maximum atomic E-state index is 13.1. The van der Waals surface area contributed by atoms with Crippen LogP contribution in [0.3, 0.4) is 0 Å². The molecule has 33 heavy (non-hydrogen) atoms. The van der Waals surface area contributed by atoms with Crippen molar-refractivity contribution in [3.8, 4) is 5.75 Å². The second-order valence-electron chi connectivity index (χ2n) is 8.48. The number of piperidine rings is 1. The molecule has 1 aromatic heterocycles. The van der Waals surface area contributed by atoms with E-state index in [-0.39, 0.29) is 23.8 Å². The molecule has 2 amide bonds. The SMILES string of the molecule is Cc1ncsc1C(=O)N1CC[C@H](Oc2ccccc2)[C@@H](CC(=O)N(C)Cc2ccccc2)C1. The van der Waals surface area contributed by atoms with E-state index in [1.807, 2.05) is 79.5 Å². The van der Waals surface area contributed by atoms with E-state index < -0.39 is 0 Å². The summed E-state index contributed by atoms with van der Waals surface area (Å²) in [4.78, 5) is 34.7. The van der Waals surface area contributed by atoms with Gasteiger partial charge >= 0.3 is 0 Å². The van der Waals surface area contributed by atoms with Gasteiger partial charge in [-0.1, -0.05) is 48.5 Å². The van der Waals surface area contributed by atoms with Crippen LogP contribution >= 0.6 is 11.3 Å². The predicted octanol–water partition coefficient (Wildman–Crippen LogP) is 4.41. The molecule has 6 nitrogen and oxygen atoms in total. The van der Waals surface area contributed by atoms with Crippen molar-refractivity contribution in [1.29, 1.82) is 0 Å². The molecule has 0 radical (unpaired) electrons. The molecule has 0 unspecified atom stereocenters. The fraction of sp³-hybridized carbons (Fsp3) is 0.346. The molecule has 0 bridgehead atoms. The number of hydrogen-bond acceptors (Lipinski definition) is 5. The van der Waals surface area contributed by atoms with Gasteiger partial charge in [0.15, 0.2) is 0 Å². The van der Waals surface area contributed by atoms with Gasteiger partial charge in [0.2, 0.25) is 5.91 Å². The summed E-state index contributed by atoms with van der Waals surface area (Å²) in [5, 5.41) is 0. The molecule has 1 saturated heterocycles. The van der Waals surface area contributed by atoms with Gasteiger partial charge in [-0.15, -0.1) is 11.3 Å². The summed E-state index contributed by atoms with van der Waals surface area (Å²) in [5.41, 5.74) is 3.54. The number of carbonyl (C=O) groups excluding carboxylic acids is 2. The zero-order valence-corrected chi connectivity index (χ0v) is 19.8. The van der Waals surface area contributed by atoms with Gasteiger partial charge in [-0.3, -0.25) is 9.59 Å². The monoisotopic (exact) mass is 463 g/mol. The number of thiazole rings is 1. The quantitative estimate of drug-likeness (QED) is 0.521. The molecule has 0 spiro atoms. The highest BCUT2D eigenvalue weighted by atomic mass is 32.1. The number of ether oxygens (including phenoxy) is 1. The van der Waals surface area contributed by atoms with E-state index in [9.17, 15) is 9.59 Å². The minimum atomic E-state index is -0.131. The predicted molar refractivity (Wildman–Crippen MR) is 129 cm³/mol. The molecule has 1 aliphatic heterocycles. The fourth-order valence-corrected chi connectivity index (χ4v) is 4.97.